The molecule has 0 saturated carbocycles. The standard InChI is InChI=1S/C44H26N4S/c1-3-13-27(14-4-1)42-31-18-7-10-20-35(31)45-44(46-42)48-38-26-37-33(29-17-8-11-21-36(29)47(37)28-15-5-2-6-16-28)25-34(38)30-23-24-40-41(43(30)48)32-19-9-12-22-39(32)49-40/h1-26H. The molecule has 0 fully saturated rings. The molecule has 0 bridgehead atoms. The van der Waals surface area contributed by atoms with Crippen LogP contribution in [0.3, 0.4) is 0 Å². The summed E-state index contributed by atoms with van der Waals surface area (Å²) < 4.78 is 7.25. The van der Waals surface area contributed by atoms with E-state index in [2.05, 4.69) is 167 Å². The van der Waals surface area contributed by atoms with Crippen molar-refractivity contribution in [1.29, 1.82) is 0 Å². The molecule has 228 valence electrons. The van der Waals surface area contributed by atoms with Gasteiger partial charge in [0.05, 0.1) is 33.3 Å². The first-order chi connectivity index (χ1) is 24.3. The second-order valence-corrected chi connectivity index (χ2v) is 13.7. The lowest BCUT2D eigenvalue weighted by Gasteiger charge is -2.13. The van der Waals surface area contributed by atoms with Crippen molar-refractivity contribution >= 4 is 86.0 Å². The van der Waals surface area contributed by atoms with Crippen LogP contribution in [0.25, 0.3) is 97.6 Å². The van der Waals surface area contributed by atoms with Crippen molar-refractivity contribution in [1.82, 2.24) is 19.1 Å². The maximum Gasteiger partial charge on any atom is 0.235 e. The Labute approximate surface area is 284 Å². The third-order valence-corrected chi connectivity index (χ3v) is 11.0. The summed E-state index contributed by atoms with van der Waals surface area (Å²) in [5.74, 6) is 0.669. The lowest BCUT2D eigenvalue weighted by molar-refractivity contribution is 1.02. The van der Waals surface area contributed by atoms with Gasteiger partial charge in [0.25, 0.3) is 0 Å². The molecule has 0 saturated heterocycles. The summed E-state index contributed by atoms with van der Waals surface area (Å²) in [6.07, 6.45) is 0. The molecule has 11 rings (SSSR count). The summed E-state index contributed by atoms with van der Waals surface area (Å²) in [6.45, 7) is 0. The number of para-hydroxylation sites is 3. The molecule has 0 aliphatic rings. The van der Waals surface area contributed by atoms with Crippen molar-refractivity contribution in [2.24, 2.45) is 0 Å². The van der Waals surface area contributed by atoms with Crippen molar-refractivity contribution in [2.75, 3.05) is 0 Å². The molecule has 4 heterocycles. The first kappa shape index (κ1) is 26.7. The van der Waals surface area contributed by atoms with Crippen LogP contribution in [0.2, 0.25) is 0 Å². The van der Waals surface area contributed by atoms with Gasteiger partial charge in [-0.15, -0.1) is 11.3 Å². The Morgan fingerprint density at radius 3 is 1.96 bits per heavy atom. The maximum absolute atomic E-state index is 5.44. The van der Waals surface area contributed by atoms with Gasteiger partial charge in [-0.25, -0.2) is 9.97 Å². The molecule has 0 aliphatic carbocycles. The van der Waals surface area contributed by atoms with Gasteiger partial charge in [0, 0.05) is 58.4 Å². The van der Waals surface area contributed by atoms with Crippen LogP contribution in [0.4, 0.5) is 0 Å². The van der Waals surface area contributed by atoms with Gasteiger partial charge in [-0.1, -0.05) is 109 Å². The van der Waals surface area contributed by atoms with Crippen LogP contribution < -0.4 is 0 Å². The fourth-order valence-corrected chi connectivity index (χ4v) is 8.93. The zero-order valence-corrected chi connectivity index (χ0v) is 27.0. The number of nitrogens with zero attached hydrogens (tertiary/aromatic N) is 4. The fraction of sp³-hybridized carbons (Fsp3) is 0. The van der Waals surface area contributed by atoms with Crippen molar-refractivity contribution in [3.63, 3.8) is 0 Å². The molecule has 0 atom stereocenters. The van der Waals surface area contributed by atoms with Crippen molar-refractivity contribution in [2.45, 2.75) is 0 Å². The van der Waals surface area contributed by atoms with E-state index in [1.807, 2.05) is 11.3 Å². The van der Waals surface area contributed by atoms with E-state index < -0.39 is 0 Å². The van der Waals surface area contributed by atoms with Gasteiger partial charge in [0.2, 0.25) is 5.95 Å². The minimum Gasteiger partial charge on any atom is -0.309 e. The number of aromatic nitrogens is 4. The van der Waals surface area contributed by atoms with Crippen LogP contribution in [-0.2, 0) is 0 Å². The Balaban J connectivity index is 1.37. The minimum absolute atomic E-state index is 0.669. The van der Waals surface area contributed by atoms with E-state index in [0.29, 0.717) is 5.95 Å². The third kappa shape index (κ3) is 3.79. The van der Waals surface area contributed by atoms with Gasteiger partial charge >= 0.3 is 0 Å². The molecule has 49 heavy (non-hydrogen) atoms. The average Bonchev–Trinajstić information content (AvgIpc) is 3.81. The molecule has 7 aromatic carbocycles. The van der Waals surface area contributed by atoms with Crippen molar-refractivity contribution in [3.8, 4) is 22.9 Å². The second kappa shape index (κ2) is 10.1. The summed E-state index contributed by atoms with van der Waals surface area (Å²) in [6, 6.07) is 56.3. The van der Waals surface area contributed by atoms with Crippen molar-refractivity contribution in [3.05, 3.63) is 158 Å². The lowest BCUT2D eigenvalue weighted by atomic mass is 10.1. The largest absolute Gasteiger partial charge is 0.309 e. The van der Waals surface area contributed by atoms with E-state index in [1.54, 1.807) is 0 Å². The van der Waals surface area contributed by atoms with Crippen LogP contribution in [0.1, 0.15) is 0 Å². The highest BCUT2D eigenvalue weighted by Crippen LogP contribution is 2.45. The van der Waals surface area contributed by atoms with Crippen LogP contribution in [0, 0.1) is 0 Å². The normalized spacial score (nSPS) is 12.1. The summed E-state index contributed by atoms with van der Waals surface area (Å²) in [5, 5.41) is 8.38. The van der Waals surface area contributed by atoms with E-state index in [0.717, 1.165) is 44.4 Å². The molecule has 0 aliphatic heterocycles. The molecule has 0 unspecified atom stereocenters. The molecule has 11 aromatic rings. The summed E-state index contributed by atoms with van der Waals surface area (Å²) in [4.78, 5) is 10.8. The Morgan fingerprint density at radius 1 is 0.429 bits per heavy atom. The molecule has 4 aromatic heterocycles. The van der Waals surface area contributed by atoms with Gasteiger partial charge in [-0.2, -0.15) is 0 Å². The van der Waals surface area contributed by atoms with Crippen LogP contribution in [0.5, 0.6) is 0 Å². The number of fused-ring (bicyclic) bond motifs is 11. The molecule has 4 nitrogen and oxygen atoms in total. The summed E-state index contributed by atoms with van der Waals surface area (Å²) in [7, 11) is 0. The molecule has 0 amide bonds. The number of benzene rings is 7. The van der Waals surface area contributed by atoms with Gasteiger partial charge in [-0.05, 0) is 48.5 Å². The molecule has 0 N–H and O–H groups in total. The van der Waals surface area contributed by atoms with Crippen molar-refractivity contribution < 1.29 is 0 Å². The second-order valence-electron chi connectivity index (χ2n) is 12.6. The van der Waals surface area contributed by atoms with Crippen LogP contribution in [-0.4, -0.2) is 19.1 Å². The van der Waals surface area contributed by atoms with Crippen LogP contribution >= 0.6 is 11.3 Å². The smallest absolute Gasteiger partial charge is 0.235 e. The first-order valence-electron chi connectivity index (χ1n) is 16.5. The predicted octanol–water partition coefficient (Wildman–Crippen LogP) is 11.9. The zero-order chi connectivity index (χ0) is 32.1. The zero-order valence-electron chi connectivity index (χ0n) is 26.2. The highest BCUT2D eigenvalue weighted by atomic mass is 32.1. The monoisotopic (exact) mass is 642 g/mol. The number of rotatable bonds is 3. The van der Waals surface area contributed by atoms with E-state index in [9.17, 15) is 0 Å². The summed E-state index contributed by atoms with van der Waals surface area (Å²) in [5.41, 5.74) is 8.62. The molecule has 0 radical (unpaired) electrons. The first-order valence-corrected chi connectivity index (χ1v) is 17.3. The number of hydrogen-bond donors (Lipinski definition) is 0. The van der Waals surface area contributed by atoms with E-state index in [4.69, 9.17) is 9.97 Å². The molecule has 0 spiro atoms. The van der Waals surface area contributed by atoms with Gasteiger partial charge < -0.3 is 4.57 Å². The highest BCUT2D eigenvalue weighted by Gasteiger charge is 2.23. The molecular formula is C44H26N4S. The third-order valence-electron chi connectivity index (χ3n) is 9.91. The fourth-order valence-electron chi connectivity index (χ4n) is 7.82. The minimum atomic E-state index is 0.669. The number of thiophene rings is 1. The average molecular weight is 643 g/mol. The highest BCUT2D eigenvalue weighted by molar-refractivity contribution is 7.26. The van der Waals surface area contributed by atoms with Gasteiger partial charge in [-0.3, -0.25) is 4.57 Å². The Bertz CT molecular complexity index is 3100. The Hall–Kier alpha value is -6.30. The summed E-state index contributed by atoms with van der Waals surface area (Å²) >= 11 is 1.84. The lowest BCUT2D eigenvalue weighted by Crippen LogP contribution is -2.04. The van der Waals surface area contributed by atoms with E-state index >= 15 is 0 Å². The Kier molecular flexibility index (Phi) is 5.51. The molecule has 5 heteroatoms. The topological polar surface area (TPSA) is 35.6 Å². The van der Waals surface area contributed by atoms with Crippen LogP contribution in [0.15, 0.2) is 158 Å². The quantitative estimate of drug-likeness (QED) is 0.192. The van der Waals surface area contributed by atoms with Gasteiger partial charge in [0.1, 0.15) is 0 Å². The van der Waals surface area contributed by atoms with E-state index in [1.165, 1.54) is 47.2 Å². The van der Waals surface area contributed by atoms with E-state index in [-0.39, 0.29) is 0 Å². The van der Waals surface area contributed by atoms with Gasteiger partial charge in [0.15, 0.2) is 0 Å². The Morgan fingerprint density at radius 2 is 1.10 bits per heavy atom. The number of hydrogen-bond acceptors (Lipinski definition) is 3. The SMILES string of the molecule is c1ccc(-c2nc(-n3c4cc5c(cc4c4ccc6sc7ccccc7c6c43)c3ccccc3n5-c3ccccc3)nc3ccccc23)cc1. The maximum atomic E-state index is 5.44. The predicted molar refractivity (Wildman–Crippen MR) is 207 cm³/mol. The molecular weight excluding hydrogens is 617 g/mol.